The standard InChI is InChI=1S/C20H24F2N4O2/c1-20(2,22)13-17(18(27)24-10-9-23)25-19(28)26-11-7-15(8-12-26)14-3-5-16(21)6-4-14/h3-7,17H,8,10-13H2,1-2H3,(H,24,27)(H,25,28). The van der Waals surface area contributed by atoms with Gasteiger partial charge < -0.3 is 15.5 Å². The zero-order chi connectivity index (χ0) is 20.7. The molecular formula is C20H24F2N4O2. The summed E-state index contributed by atoms with van der Waals surface area (Å²) in [6.45, 7) is 3.17. The fourth-order valence-corrected chi connectivity index (χ4v) is 2.96. The molecule has 0 aromatic heterocycles. The minimum Gasteiger partial charge on any atom is -0.341 e. The van der Waals surface area contributed by atoms with Crippen molar-refractivity contribution in [3.05, 3.63) is 41.7 Å². The Morgan fingerprint density at radius 1 is 1.32 bits per heavy atom. The number of nitrogens with zero attached hydrogens (tertiary/aromatic N) is 2. The molecule has 6 nitrogen and oxygen atoms in total. The van der Waals surface area contributed by atoms with Gasteiger partial charge >= 0.3 is 6.03 Å². The van der Waals surface area contributed by atoms with E-state index in [2.05, 4.69) is 10.6 Å². The maximum Gasteiger partial charge on any atom is 0.318 e. The summed E-state index contributed by atoms with van der Waals surface area (Å²) in [5, 5.41) is 13.5. The van der Waals surface area contributed by atoms with E-state index < -0.39 is 23.6 Å². The first-order valence-corrected chi connectivity index (χ1v) is 9.03. The predicted octanol–water partition coefficient (Wildman–Crippen LogP) is 2.77. The Labute approximate surface area is 163 Å². The number of urea groups is 1. The van der Waals surface area contributed by atoms with Crippen molar-refractivity contribution in [1.82, 2.24) is 15.5 Å². The van der Waals surface area contributed by atoms with Crippen molar-refractivity contribution < 1.29 is 18.4 Å². The molecule has 0 fully saturated rings. The topological polar surface area (TPSA) is 85.2 Å². The maximum atomic E-state index is 14.0. The number of nitrogens with one attached hydrogen (secondary N) is 2. The lowest BCUT2D eigenvalue weighted by Gasteiger charge is -2.30. The molecule has 1 atom stereocenters. The Morgan fingerprint density at radius 2 is 2.00 bits per heavy atom. The molecule has 2 rings (SSSR count). The van der Waals surface area contributed by atoms with Crippen LogP contribution in [0.2, 0.25) is 0 Å². The minimum atomic E-state index is -1.67. The third-order valence-electron chi connectivity index (χ3n) is 4.36. The second kappa shape index (κ2) is 9.31. The Bertz CT molecular complexity index is 779. The monoisotopic (exact) mass is 390 g/mol. The fourth-order valence-electron chi connectivity index (χ4n) is 2.96. The van der Waals surface area contributed by atoms with Crippen molar-refractivity contribution in [2.45, 2.75) is 38.4 Å². The van der Waals surface area contributed by atoms with Crippen LogP contribution in [-0.2, 0) is 4.79 Å². The van der Waals surface area contributed by atoms with Gasteiger partial charge in [-0.1, -0.05) is 18.2 Å². The number of carbonyl (C=O) groups is 2. The molecule has 1 aromatic carbocycles. The summed E-state index contributed by atoms with van der Waals surface area (Å²) >= 11 is 0. The third kappa shape index (κ3) is 6.34. The second-order valence-electron chi connectivity index (χ2n) is 7.23. The van der Waals surface area contributed by atoms with Gasteiger partial charge in [0.2, 0.25) is 5.91 Å². The molecule has 0 saturated heterocycles. The summed E-state index contributed by atoms with van der Waals surface area (Å²) in [6.07, 6.45) is 2.25. The van der Waals surface area contributed by atoms with Crippen molar-refractivity contribution in [1.29, 1.82) is 5.26 Å². The molecule has 3 amide bonds. The van der Waals surface area contributed by atoms with Gasteiger partial charge in [0.1, 0.15) is 24.1 Å². The van der Waals surface area contributed by atoms with Crippen LogP contribution in [0.1, 0.15) is 32.3 Å². The van der Waals surface area contributed by atoms with Crippen molar-refractivity contribution in [2.24, 2.45) is 0 Å². The number of halogens is 2. The van der Waals surface area contributed by atoms with Gasteiger partial charge in [-0.25, -0.2) is 13.6 Å². The summed E-state index contributed by atoms with van der Waals surface area (Å²) in [7, 11) is 0. The molecule has 0 spiro atoms. The van der Waals surface area contributed by atoms with E-state index in [1.54, 1.807) is 18.2 Å². The number of nitriles is 1. The van der Waals surface area contributed by atoms with E-state index in [1.807, 2.05) is 6.08 Å². The van der Waals surface area contributed by atoms with Crippen molar-refractivity contribution >= 4 is 17.5 Å². The van der Waals surface area contributed by atoms with Crippen molar-refractivity contribution in [3.63, 3.8) is 0 Å². The maximum absolute atomic E-state index is 14.0. The molecule has 0 saturated carbocycles. The Kier molecular flexibility index (Phi) is 7.10. The molecule has 2 N–H and O–H groups in total. The van der Waals surface area contributed by atoms with Crippen LogP contribution in [0.5, 0.6) is 0 Å². The largest absolute Gasteiger partial charge is 0.341 e. The first-order valence-electron chi connectivity index (χ1n) is 9.03. The van der Waals surface area contributed by atoms with Gasteiger partial charge in [0.15, 0.2) is 0 Å². The second-order valence-corrected chi connectivity index (χ2v) is 7.23. The summed E-state index contributed by atoms with van der Waals surface area (Å²) in [6, 6.07) is 6.38. The van der Waals surface area contributed by atoms with Crippen molar-refractivity contribution in [3.8, 4) is 6.07 Å². The number of amides is 3. The molecular weight excluding hydrogens is 366 g/mol. The van der Waals surface area contributed by atoms with Gasteiger partial charge in [0.05, 0.1) is 6.07 Å². The molecule has 1 unspecified atom stereocenters. The Hall–Kier alpha value is -2.95. The van der Waals surface area contributed by atoms with Gasteiger partial charge in [0, 0.05) is 19.5 Å². The highest BCUT2D eigenvalue weighted by atomic mass is 19.1. The molecule has 1 aliphatic rings. The number of hydrogen-bond donors (Lipinski definition) is 2. The minimum absolute atomic E-state index is 0.208. The number of carbonyl (C=O) groups excluding carboxylic acids is 2. The fraction of sp³-hybridized carbons (Fsp3) is 0.450. The Morgan fingerprint density at radius 3 is 2.54 bits per heavy atom. The SMILES string of the molecule is CC(C)(F)CC(NC(=O)N1CC=C(c2ccc(F)cc2)CC1)C(=O)NCC#N. The zero-order valence-electron chi connectivity index (χ0n) is 16.0. The first kappa shape index (κ1) is 21.4. The lowest BCUT2D eigenvalue weighted by molar-refractivity contribution is -0.123. The van der Waals surface area contributed by atoms with E-state index >= 15 is 0 Å². The highest BCUT2D eigenvalue weighted by Gasteiger charge is 2.30. The van der Waals surface area contributed by atoms with E-state index in [4.69, 9.17) is 5.26 Å². The molecule has 8 heteroatoms. The molecule has 0 aliphatic carbocycles. The molecule has 0 bridgehead atoms. The average Bonchev–Trinajstić information content (AvgIpc) is 2.65. The third-order valence-corrected chi connectivity index (χ3v) is 4.36. The quantitative estimate of drug-likeness (QED) is 0.733. The zero-order valence-corrected chi connectivity index (χ0v) is 16.0. The van der Waals surface area contributed by atoms with Crippen LogP contribution in [-0.4, -0.2) is 48.2 Å². The first-order chi connectivity index (χ1) is 13.2. The van der Waals surface area contributed by atoms with Gasteiger partial charge in [0.25, 0.3) is 0 Å². The van der Waals surface area contributed by atoms with E-state index in [0.717, 1.165) is 11.1 Å². The molecule has 1 heterocycles. The van der Waals surface area contributed by atoms with Crippen LogP contribution in [0.25, 0.3) is 5.57 Å². The van der Waals surface area contributed by atoms with Crippen LogP contribution in [0.15, 0.2) is 30.3 Å². The smallest absolute Gasteiger partial charge is 0.318 e. The highest BCUT2D eigenvalue weighted by Crippen LogP contribution is 2.23. The lowest BCUT2D eigenvalue weighted by atomic mass is 9.99. The predicted molar refractivity (Wildman–Crippen MR) is 101 cm³/mol. The number of benzene rings is 1. The normalized spacial score (nSPS) is 15.2. The van der Waals surface area contributed by atoms with Crippen LogP contribution in [0.4, 0.5) is 13.6 Å². The van der Waals surface area contributed by atoms with E-state index in [9.17, 15) is 18.4 Å². The number of rotatable bonds is 6. The molecule has 1 aliphatic heterocycles. The molecule has 0 radical (unpaired) electrons. The van der Waals surface area contributed by atoms with Gasteiger partial charge in [-0.05, 0) is 43.5 Å². The van der Waals surface area contributed by atoms with Crippen LogP contribution in [0.3, 0.4) is 0 Å². The highest BCUT2D eigenvalue weighted by molar-refractivity contribution is 5.87. The van der Waals surface area contributed by atoms with Crippen LogP contribution >= 0.6 is 0 Å². The average molecular weight is 390 g/mol. The summed E-state index contributed by atoms with van der Waals surface area (Å²) in [5.41, 5.74) is 0.242. The number of hydrogen-bond acceptors (Lipinski definition) is 3. The van der Waals surface area contributed by atoms with Crippen LogP contribution in [0, 0.1) is 17.1 Å². The molecule has 150 valence electrons. The molecule has 28 heavy (non-hydrogen) atoms. The van der Waals surface area contributed by atoms with Gasteiger partial charge in [-0.15, -0.1) is 0 Å². The van der Waals surface area contributed by atoms with E-state index in [1.165, 1.54) is 30.9 Å². The number of alkyl halides is 1. The summed E-state index contributed by atoms with van der Waals surface area (Å²) in [4.78, 5) is 26.2. The van der Waals surface area contributed by atoms with Crippen molar-refractivity contribution in [2.75, 3.05) is 19.6 Å². The van der Waals surface area contributed by atoms with Gasteiger partial charge in [-0.2, -0.15) is 5.26 Å². The molecule has 1 aromatic rings. The Balaban J connectivity index is 2.00. The lowest BCUT2D eigenvalue weighted by Crippen LogP contribution is -2.53. The van der Waals surface area contributed by atoms with Gasteiger partial charge in [-0.3, -0.25) is 4.79 Å². The summed E-state index contributed by atoms with van der Waals surface area (Å²) < 4.78 is 27.1. The van der Waals surface area contributed by atoms with Crippen LogP contribution < -0.4 is 10.6 Å². The van der Waals surface area contributed by atoms with E-state index in [-0.39, 0.29) is 18.8 Å². The van der Waals surface area contributed by atoms with E-state index in [0.29, 0.717) is 19.5 Å². The summed E-state index contributed by atoms with van der Waals surface area (Å²) in [5.74, 6) is -0.905.